The first-order chi connectivity index (χ1) is 9.47. The van der Waals surface area contributed by atoms with Gasteiger partial charge in [0.2, 0.25) is 0 Å². The van der Waals surface area contributed by atoms with Crippen LogP contribution in [0.25, 0.3) is 0 Å². The van der Waals surface area contributed by atoms with E-state index in [0.717, 1.165) is 11.5 Å². The van der Waals surface area contributed by atoms with Gasteiger partial charge in [-0.15, -0.1) is 0 Å². The minimum absolute atomic E-state index is 0.169. The molecule has 2 aromatic rings. The standard InChI is InChI=1S/C14H18N4O2/c1-9(2)11-6-10(14(19)20)7-12(17-11)16-8-13-15-4-5-18(13)3/h4-7,9H,8H2,1-3H3,(H,16,17)(H,19,20). The number of nitrogens with one attached hydrogen (secondary N) is 1. The second-order valence-corrected chi connectivity index (χ2v) is 4.93. The SMILES string of the molecule is CC(C)c1cc(C(=O)O)cc(NCc2nccn2C)n1. The molecule has 0 atom stereocenters. The highest BCUT2D eigenvalue weighted by molar-refractivity contribution is 5.88. The Bertz CT molecular complexity index is 619. The van der Waals surface area contributed by atoms with Gasteiger partial charge in [-0.1, -0.05) is 13.8 Å². The zero-order valence-corrected chi connectivity index (χ0v) is 11.8. The van der Waals surface area contributed by atoms with Gasteiger partial charge in [0, 0.05) is 25.1 Å². The Morgan fingerprint density at radius 1 is 1.45 bits per heavy atom. The molecular weight excluding hydrogens is 256 g/mol. The molecule has 0 spiro atoms. The van der Waals surface area contributed by atoms with Crippen LogP contribution < -0.4 is 5.32 Å². The summed E-state index contributed by atoms with van der Waals surface area (Å²) in [5, 5.41) is 12.3. The predicted molar refractivity (Wildman–Crippen MR) is 75.8 cm³/mol. The minimum atomic E-state index is -0.950. The number of pyridine rings is 1. The van der Waals surface area contributed by atoms with E-state index < -0.39 is 5.97 Å². The number of aryl methyl sites for hydroxylation is 1. The molecule has 106 valence electrons. The first-order valence-electron chi connectivity index (χ1n) is 6.42. The number of nitrogens with zero attached hydrogens (tertiary/aromatic N) is 3. The van der Waals surface area contributed by atoms with E-state index in [4.69, 9.17) is 5.11 Å². The molecule has 0 amide bonds. The van der Waals surface area contributed by atoms with Crippen LogP contribution in [0.1, 0.15) is 41.6 Å². The highest BCUT2D eigenvalue weighted by Gasteiger charge is 2.11. The number of carboxylic acids is 1. The van der Waals surface area contributed by atoms with Crippen molar-refractivity contribution in [3.63, 3.8) is 0 Å². The Morgan fingerprint density at radius 2 is 2.20 bits per heavy atom. The van der Waals surface area contributed by atoms with Crippen molar-refractivity contribution in [2.75, 3.05) is 5.32 Å². The van der Waals surface area contributed by atoms with Crippen LogP contribution in [0, 0.1) is 0 Å². The largest absolute Gasteiger partial charge is 0.478 e. The van der Waals surface area contributed by atoms with E-state index in [1.807, 2.05) is 31.7 Å². The van der Waals surface area contributed by atoms with E-state index in [1.54, 1.807) is 12.3 Å². The van der Waals surface area contributed by atoms with Crippen molar-refractivity contribution in [3.8, 4) is 0 Å². The Balaban J connectivity index is 2.22. The van der Waals surface area contributed by atoms with E-state index in [2.05, 4.69) is 15.3 Å². The fourth-order valence-electron chi connectivity index (χ4n) is 1.80. The molecule has 6 heteroatoms. The first-order valence-corrected chi connectivity index (χ1v) is 6.42. The van der Waals surface area contributed by atoms with E-state index in [1.165, 1.54) is 6.07 Å². The normalized spacial score (nSPS) is 10.8. The quantitative estimate of drug-likeness (QED) is 0.874. The summed E-state index contributed by atoms with van der Waals surface area (Å²) in [4.78, 5) is 19.8. The van der Waals surface area contributed by atoms with E-state index in [-0.39, 0.29) is 11.5 Å². The third-order valence-electron chi connectivity index (χ3n) is 3.03. The summed E-state index contributed by atoms with van der Waals surface area (Å²) >= 11 is 0. The summed E-state index contributed by atoms with van der Waals surface area (Å²) < 4.78 is 1.90. The number of aromatic nitrogens is 3. The van der Waals surface area contributed by atoms with E-state index in [9.17, 15) is 4.79 Å². The van der Waals surface area contributed by atoms with Crippen LogP contribution >= 0.6 is 0 Å². The topological polar surface area (TPSA) is 80.0 Å². The number of anilines is 1. The fourth-order valence-corrected chi connectivity index (χ4v) is 1.80. The molecule has 0 aliphatic heterocycles. The van der Waals surface area contributed by atoms with Gasteiger partial charge in [-0.3, -0.25) is 0 Å². The molecule has 6 nitrogen and oxygen atoms in total. The lowest BCUT2D eigenvalue weighted by atomic mass is 10.1. The van der Waals surface area contributed by atoms with Gasteiger partial charge in [-0.25, -0.2) is 14.8 Å². The maximum atomic E-state index is 11.1. The molecule has 2 heterocycles. The van der Waals surface area contributed by atoms with E-state index >= 15 is 0 Å². The van der Waals surface area contributed by atoms with Crippen molar-refractivity contribution in [2.45, 2.75) is 26.3 Å². The average molecular weight is 274 g/mol. The average Bonchev–Trinajstić information content (AvgIpc) is 2.81. The summed E-state index contributed by atoms with van der Waals surface area (Å²) in [7, 11) is 1.91. The second kappa shape index (κ2) is 5.73. The van der Waals surface area contributed by atoms with Crippen molar-refractivity contribution in [1.82, 2.24) is 14.5 Å². The lowest BCUT2D eigenvalue weighted by Crippen LogP contribution is -2.09. The van der Waals surface area contributed by atoms with Crippen LogP contribution in [0.2, 0.25) is 0 Å². The lowest BCUT2D eigenvalue weighted by Gasteiger charge is -2.11. The Morgan fingerprint density at radius 3 is 2.75 bits per heavy atom. The number of aromatic carboxylic acids is 1. The van der Waals surface area contributed by atoms with Gasteiger partial charge in [0.05, 0.1) is 12.1 Å². The number of hydrogen-bond donors (Lipinski definition) is 2. The molecule has 2 aromatic heterocycles. The molecule has 0 saturated carbocycles. The van der Waals surface area contributed by atoms with Crippen LogP contribution in [-0.4, -0.2) is 25.6 Å². The molecule has 0 saturated heterocycles. The van der Waals surface area contributed by atoms with Crippen LogP contribution in [0.5, 0.6) is 0 Å². The monoisotopic (exact) mass is 274 g/mol. The molecule has 0 aliphatic carbocycles. The minimum Gasteiger partial charge on any atom is -0.478 e. The third kappa shape index (κ3) is 3.14. The number of rotatable bonds is 5. The second-order valence-electron chi connectivity index (χ2n) is 4.93. The van der Waals surface area contributed by atoms with Crippen LogP contribution in [0.4, 0.5) is 5.82 Å². The molecule has 0 aliphatic rings. The number of carbonyl (C=O) groups is 1. The molecule has 0 aromatic carbocycles. The van der Waals surface area contributed by atoms with Crippen LogP contribution in [-0.2, 0) is 13.6 Å². The zero-order valence-electron chi connectivity index (χ0n) is 11.8. The van der Waals surface area contributed by atoms with Crippen molar-refractivity contribution >= 4 is 11.8 Å². The van der Waals surface area contributed by atoms with Gasteiger partial charge < -0.3 is 15.0 Å². The Labute approximate surface area is 117 Å². The molecule has 0 unspecified atom stereocenters. The molecule has 0 bridgehead atoms. The molecule has 0 fully saturated rings. The Kier molecular flexibility index (Phi) is 4.02. The van der Waals surface area contributed by atoms with Crippen molar-refractivity contribution in [2.24, 2.45) is 7.05 Å². The van der Waals surface area contributed by atoms with Gasteiger partial charge in [0.25, 0.3) is 0 Å². The van der Waals surface area contributed by atoms with Gasteiger partial charge in [-0.2, -0.15) is 0 Å². The van der Waals surface area contributed by atoms with Gasteiger partial charge in [0.1, 0.15) is 11.6 Å². The summed E-state index contributed by atoms with van der Waals surface area (Å²) in [6.45, 7) is 4.46. The van der Waals surface area contributed by atoms with Crippen LogP contribution in [0.3, 0.4) is 0 Å². The van der Waals surface area contributed by atoms with Crippen molar-refractivity contribution in [3.05, 3.63) is 41.6 Å². The fraction of sp³-hybridized carbons (Fsp3) is 0.357. The molecule has 0 radical (unpaired) electrons. The van der Waals surface area contributed by atoms with Gasteiger partial charge in [0.15, 0.2) is 0 Å². The predicted octanol–water partition coefficient (Wildman–Crippen LogP) is 2.25. The summed E-state index contributed by atoms with van der Waals surface area (Å²) in [6.07, 6.45) is 3.58. The summed E-state index contributed by atoms with van der Waals surface area (Å²) in [5.74, 6) is 0.632. The van der Waals surface area contributed by atoms with Gasteiger partial charge >= 0.3 is 5.97 Å². The molecule has 2 N–H and O–H groups in total. The summed E-state index contributed by atoms with van der Waals surface area (Å²) in [6, 6.07) is 3.15. The Hall–Kier alpha value is -2.37. The maximum absolute atomic E-state index is 11.1. The molecule has 20 heavy (non-hydrogen) atoms. The third-order valence-corrected chi connectivity index (χ3v) is 3.03. The molecule has 2 rings (SSSR count). The molecular formula is C14H18N4O2. The number of hydrogen-bond acceptors (Lipinski definition) is 4. The van der Waals surface area contributed by atoms with Crippen LogP contribution in [0.15, 0.2) is 24.5 Å². The first kappa shape index (κ1) is 14.0. The van der Waals surface area contributed by atoms with E-state index in [0.29, 0.717) is 12.4 Å². The van der Waals surface area contributed by atoms with Crippen molar-refractivity contribution in [1.29, 1.82) is 0 Å². The number of imidazole rings is 1. The van der Waals surface area contributed by atoms with Gasteiger partial charge in [-0.05, 0) is 18.1 Å². The smallest absolute Gasteiger partial charge is 0.335 e. The highest BCUT2D eigenvalue weighted by atomic mass is 16.4. The lowest BCUT2D eigenvalue weighted by molar-refractivity contribution is 0.0696. The summed E-state index contributed by atoms with van der Waals surface area (Å²) in [5.41, 5.74) is 0.998. The maximum Gasteiger partial charge on any atom is 0.335 e. The highest BCUT2D eigenvalue weighted by Crippen LogP contribution is 2.18. The van der Waals surface area contributed by atoms with Crippen molar-refractivity contribution < 1.29 is 9.90 Å². The number of carboxylic acid groups (broad SMARTS) is 1. The zero-order chi connectivity index (χ0) is 14.7.